The van der Waals surface area contributed by atoms with Crippen LogP contribution in [0.1, 0.15) is 5.56 Å². The first kappa shape index (κ1) is 13.2. The highest BCUT2D eigenvalue weighted by atomic mass is 16.5. The largest absolute Gasteiger partial charge is 0.468 e. The molecule has 1 aliphatic rings. The number of fused-ring (bicyclic) bond motifs is 1. The summed E-state index contributed by atoms with van der Waals surface area (Å²) in [5.41, 5.74) is 1.54. The number of amides is 2. The number of anilines is 1. The zero-order chi connectivity index (χ0) is 14.7. The smallest absolute Gasteiger partial charge is 0.275 e. The van der Waals surface area contributed by atoms with E-state index < -0.39 is 17.9 Å². The maximum Gasteiger partial charge on any atom is 0.275 e. The molecule has 1 aliphatic heterocycles. The van der Waals surface area contributed by atoms with Crippen LogP contribution in [0.15, 0.2) is 54.6 Å². The molecule has 106 valence electrons. The van der Waals surface area contributed by atoms with E-state index in [-0.39, 0.29) is 0 Å². The number of hydrogen-bond donors (Lipinski definition) is 2. The Morgan fingerprint density at radius 3 is 2.62 bits per heavy atom. The molecule has 0 spiro atoms. The maximum absolute atomic E-state index is 12.1. The first-order chi connectivity index (χ1) is 10.2. The number of para-hydroxylation sites is 2. The van der Waals surface area contributed by atoms with Gasteiger partial charge in [0.05, 0.1) is 5.69 Å². The predicted octanol–water partition coefficient (Wildman–Crippen LogP) is 1.70. The summed E-state index contributed by atoms with van der Waals surface area (Å²) < 4.78 is 5.47. The zero-order valence-corrected chi connectivity index (χ0v) is 11.2. The van der Waals surface area contributed by atoms with Gasteiger partial charge in [-0.3, -0.25) is 9.59 Å². The first-order valence-corrected chi connectivity index (χ1v) is 6.62. The second kappa shape index (κ2) is 5.66. The van der Waals surface area contributed by atoms with E-state index >= 15 is 0 Å². The normalized spacial score (nSPS) is 16.4. The third-order valence-electron chi connectivity index (χ3n) is 3.18. The Morgan fingerprint density at radius 1 is 1.10 bits per heavy atom. The summed E-state index contributed by atoms with van der Waals surface area (Å²) in [5, 5.41) is 5.37. The molecule has 0 saturated carbocycles. The van der Waals surface area contributed by atoms with Crippen LogP contribution in [0.25, 0.3) is 0 Å². The Kier molecular flexibility index (Phi) is 3.55. The topological polar surface area (TPSA) is 67.4 Å². The van der Waals surface area contributed by atoms with Gasteiger partial charge in [0.2, 0.25) is 0 Å². The molecule has 0 aliphatic carbocycles. The molecule has 3 rings (SSSR count). The Labute approximate surface area is 121 Å². The number of benzene rings is 2. The van der Waals surface area contributed by atoms with Crippen molar-refractivity contribution in [1.82, 2.24) is 5.32 Å². The van der Waals surface area contributed by atoms with Crippen LogP contribution in [0.3, 0.4) is 0 Å². The van der Waals surface area contributed by atoms with E-state index in [0.717, 1.165) is 5.56 Å². The minimum atomic E-state index is -1.16. The van der Waals surface area contributed by atoms with Gasteiger partial charge in [-0.25, -0.2) is 0 Å². The molecular formula is C16H14N2O3. The molecule has 1 heterocycles. The Hall–Kier alpha value is -2.82. The SMILES string of the molecule is O=C(NCc1ccccc1)C1Oc2ccccc2NC1=O. The summed E-state index contributed by atoms with van der Waals surface area (Å²) in [5.74, 6) is -0.415. The summed E-state index contributed by atoms with van der Waals surface area (Å²) in [6, 6.07) is 16.5. The fourth-order valence-electron chi connectivity index (χ4n) is 2.10. The van der Waals surface area contributed by atoms with Crippen molar-refractivity contribution < 1.29 is 14.3 Å². The van der Waals surface area contributed by atoms with E-state index in [9.17, 15) is 9.59 Å². The Bertz CT molecular complexity index is 670. The molecule has 2 aromatic rings. The van der Waals surface area contributed by atoms with Gasteiger partial charge in [0.1, 0.15) is 5.75 Å². The Morgan fingerprint density at radius 2 is 1.81 bits per heavy atom. The average Bonchev–Trinajstić information content (AvgIpc) is 2.53. The van der Waals surface area contributed by atoms with Crippen molar-refractivity contribution in [3.05, 3.63) is 60.2 Å². The van der Waals surface area contributed by atoms with Crippen LogP contribution in [-0.4, -0.2) is 17.9 Å². The molecule has 0 saturated heterocycles. The van der Waals surface area contributed by atoms with Gasteiger partial charge in [0, 0.05) is 6.54 Å². The molecule has 0 aromatic heterocycles. The van der Waals surface area contributed by atoms with Crippen molar-refractivity contribution in [3.63, 3.8) is 0 Å². The van der Waals surface area contributed by atoms with Gasteiger partial charge in [-0.1, -0.05) is 42.5 Å². The van der Waals surface area contributed by atoms with E-state index in [2.05, 4.69) is 10.6 Å². The highest BCUT2D eigenvalue weighted by Crippen LogP contribution is 2.28. The number of hydrogen-bond acceptors (Lipinski definition) is 3. The molecule has 0 fully saturated rings. The molecule has 2 aromatic carbocycles. The summed E-state index contributed by atoms with van der Waals surface area (Å²) in [4.78, 5) is 24.0. The van der Waals surface area contributed by atoms with Gasteiger partial charge in [-0.2, -0.15) is 0 Å². The molecule has 0 bridgehead atoms. The van der Waals surface area contributed by atoms with Gasteiger partial charge >= 0.3 is 0 Å². The average molecular weight is 282 g/mol. The van der Waals surface area contributed by atoms with Gasteiger partial charge < -0.3 is 15.4 Å². The summed E-state index contributed by atoms with van der Waals surface area (Å²) in [6.45, 7) is 0.356. The molecule has 5 heteroatoms. The lowest BCUT2D eigenvalue weighted by atomic mass is 10.2. The molecule has 2 N–H and O–H groups in total. The minimum absolute atomic E-state index is 0.356. The molecule has 0 radical (unpaired) electrons. The van der Waals surface area contributed by atoms with Crippen LogP contribution in [0.4, 0.5) is 5.69 Å². The van der Waals surface area contributed by atoms with Gasteiger partial charge in [0.15, 0.2) is 0 Å². The molecule has 5 nitrogen and oxygen atoms in total. The van der Waals surface area contributed by atoms with E-state index in [1.807, 2.05) is 30.3 Å². The van der Waals surface area contributed by atoms with Crippen LogP contribution >= 0.6 is 0 Å². The van der Waals surface area contributed by atoms with Gasteiger partial charge in [-0.05, 0) is 17.7 Å². The number of carbonyl (C=O) groups is 2. The highest BCUT2D eigenvalue weighted by molar-refractivity contribution is 6.11. The van der Waals surface area contributed by atoms with Crippen molar-refractivity contribution >= 4 is 17.5 Å². The highest BCUT2D eigenvalue weighted by Gasteiger charge is 2.33. The predicted molar refractivity (Wildman–Crippen MR) is 77.8 cm³/mol. The van der Waals surface area contributed by atoms with E-state index in [1.165, 1.54) is 0 Å². The molecule has 21 heavy (non-hydrogen) atoms. The second-order valence-corrected chi connectivity index (χ2v) is 4.69. The molecular weight excluding hydrogens is 268 g/mol. The van der Waals surface area contributed by atoms with Crippen molar-refractivity contribution in [2.75, 3.05) is 5.32 Å². The molecule has 2 amide bonds. The quantitative estimate of drug-likeness (QED) is 0.842. The van der Waals surface area contributed by atoms with Crippen molar-refractivity contribution in [1.29, 1.82) is 0 Å². The van der Waals surface area contributed by atoms with Crippen LogP contribution < -0.4 is 15.4 Å². The van der Waals surface area contributed by atoms with Gasteiger partial charge in [-0.15, -0.1) is 0 Å². The second-order valence-electron chi connectivity index (χ2n) is 4.69. The number of rotatable bonds is 3. The van der Waals surface area contributed by atoms with E-state index in [0.29, 0.717) is 18.0 Å². The fraction of sp³-hybridized carbons (Fsp3) is 0.125. The summed E-state index contributed by atoms with van der Waals surface area (Å²) in [7, 11) is 0. The monoisotopic (exact) mass is 282 g/mol. The number of nitrogens with one attached hydrogen (secondary N) is 2. The van der Waals surface area contributed by atoms with Crippen LogP contribution in [0.2, 0.25) is 0 Å². The van der Waals surface area contributed by atoms with Crippen molar-refractivity contribution in [2.24, 2.45) is 0 Å². The zero-order valence-electron chi connectivity index (χ0n) is 11.2. The van der Waals surface area contributed by atoms with Gasteiger partial charge in [0.25, 0.3) is 17.9 Å². The standard InChI is InChI=1S/C16H14N2O3/c19-15(17-10-11-6-2-1-3-7-11)14-16(20)18-12-8-4-5-9-13(12)21-14/h1-9,14H,10H2,(H,17,19)(H,18,20). The lowest BCUT2D eigenvalue weighted by molar-refractivity contribution is -0.137. The van der Waals surface area contributed by atoms with Crippen molar-refractivity contribution in [3.8, 4) is 5.75 Å². The Balaban J connectivity index is 1.67. The lowest BCUT2D eigenvalue weighted by Crippen LogP contribution is -2.48. The fourth-order valence-corrected chi connectivity index (χ4v) is 2.10. The van der Waals surface area contributed by atoms with Crippen LogP contribution in [-0.2, 0) is 16.1 Å². The molecule has 1 atom stereocenters. The van der Waals surface area contributed by atoms with Crippen LogP contribution in [0.5, 0.6) is 5.75 Å². The summed E-state index contributed by atoms with van der Waals surface area (Å²) in [6.07, 6.45) is -1.16. The van der Waals surface area contributed by atoms with E-state index in [4.69, 9.17) is 4.74 Å². The lowest BCUT2D eigenvalue weighted by Gasteiger charge is -2.24. The van der Waals surface area contributed by atoms with E-state index in [1.54, 1.807) is 24.3 Å². The van der Waals surface area contributed by atoms with Crippen LogP contribution in [0, 0.1) is 0 Å². The minimum Gasteiger partial charge on any atom is -0.468 e. The first-order valence-electron chi connectivity index (χ1n) is 6.62. The maximum atomic E-state index is 12.1. The molecule has 1 unspecified atom stereocenters. The third-order valence-corrected chi connectivity index (χ3v) is 3.18. The number of ether oxygens (including phenoxy) is 1. The third kappa shape index (κ3) is 2.86. The van der Waals surface area contributed by atoms with Crippen molar-refractivity contribution in [2.45, 2.75) is 12.6 Å². The summed E-state index contributed by atoms with van der Waals surface area (Å²) >= 11 is 0. The number of carbonyl (C=O) groups excluding carboxylic acids is 2.